The molecule has 10 heteroatoms. The summed E-state index contributed by atoms with van der Waals surface area (Å²) < 4.78 is 10.1. The molecule has 2 aromatic carbocycles. The van der Waals surface area contributed by atoms with Crippen molar-refractivity contribution in [2.45, 2.75) is 91.1 Å². The molecule has 0 saturated carbocycles. The van der Waals surface area contributed by atoms with Crippen LogP contribution in [0.1, 0.15) is 70.2 Å². The lowest BCUT2D eigenvalue weighted by atomic mass is 9.99. The van der Waals surface area contributed by atoms with Crippen molar-refractivity contribution in [2.24, 2.45) is 5.10 Å². The minimum absolute atomic E-state index is 0.0302. The maximum absolute atomic E-state index is 12.9. The van der Waals surface area contributed by atoms with Gasteiger partial charge in [0.2, 0.25) is 0 Å². The summed E-state index contributed by atoms with van der Waals surface area (Å²) in [6.07, 6.45) is 2.26. The molecule has 1 heterocycles. The summed E-state index contributed by atoms with van der Waals surface area (Å²) in [7, 11) is 1.43. The van der Waals surface area contributed by atoms with Crippen molar-refractivity contribution in [2.75, 3.05) is 13.7 Å². The van der Waals surface area contributed by atoms with Crippen LogP contribution in [0.4, 0.5) is 4.79 Å². The molecule has 0 radical (unpaired) electrons. The van der Waals surface area contributed by atoms with Crippen LogP contribution in [0.2, 0.25) is 0 Å². The summed E-state index contributed by atoms with van der Waals surface area (Å²) in [5.74, 6) is -0.743. The number of hydroxylamine groups is 2. The second kappa shape index (κ2) is 14.4. The molecule has 0 aromatic heterocycles. The van der Waals surface area contributed by atoms with Gasteiger partial charge < -0.3 is 9.47 Å². The molecule has 42 heavy (non-hydrogen) atoms. The zero-order valence-electron chi connectivity index (χ0n) is 25.8. The lowest BCUT2D eigenvalue weighted by Gasteiger charge is -2.30. The van der Waals surface area contributed by atoms with Gasteiger partial charge in [0, 0.05) is 19.1 Å². The molecule has 1 aliphatic heterocycles. The van der Waals surface area contributed by atoms with Crippen molar-refractivity contribution >= 4 is 24.2 Å². The third kappa shape index (κ3) is 10.9. The molecule has 0 saturated heterocycles. The highest BCUT2D eigenvalue weighted by Gasteiger charge is 2.27. The topological polar surface area (TPSA) is 110 Å². The predicted octanol–water partition coefficient (Wildman–Crippen LogP) is 4.79. The molecule has 0 bridgehead atoms. The summed E-state index contributed by atoms with van der Waals surface area (Å²) in [4.78, 5) is 45.2. The Hall–Kier alpha value is -3.76. The molecular weight excluding hydrogens is 536 g/mol. The fourth-order valence-corrected chi connectivity index (χ4v) is 4.66. The number of fused-ring (bicyclic) bond motifs is 1. The zero-order valence-corrected chi connectivity index (χ0v) is 25.8. The third-order valence-electron chi connectivity index (χ3n) is 6.48. The number of hydrazone groups is 1. The van der Waals surface area contributed by atoms with Crippen molar-refractivity contribution in [3.8, 4) is 0 Å². The summed E-state index contributed by atoms with van der Waals surface area (Å²) >= 11 is 0. The number of carbonyl (C=O) groups excluding carboxylic acids is 3. The van der Waals surface area contributed by atoms with Gasteiger partial charge >= 0.3 is 12.1 Å². The van der Waals surface area contributed by atoms with E-state index in [2.05, 4.69) is 33.6 Å². The van der Waals surface area contributed by atoms with Crippen LogP contribution in [-0.2, 0) is 49.8 Å². The number of ether oxygens (including phenoxy) is 2. The monoisotopic (exact) mass is 580 g/mol. The summed E-state index contributed by atoms with van der Waals surface area (Å²) in [5, 5.41) is 4.94. The molecule has 1 N–H and O–H groups in total. The average molecular weight is 581 g/mol. The van der Waals surface area contributed by atoms with Crippen LogP contribution < -0.4 is 5.43 Å². The Balaban J connectivity index is 1.68. The Labute approximate surface area is 248 Å². The second-order valence-electron chi connectivity index (χ2n) is 12.4. The van der Waals surface area contributed by atoms with Crippen LogP contribution in [0.25, 0.3) is 0 Å². The number of nitrogens with one attached hydrogen (secondary N) is 1. The largest absolute Gasteiger partial charge is 0.469 e. The normalized spacial score (nSPS) is 15.9. The number of benzene rings is 2. The number of esters is 1. The molecule has 2 aromatic rings. The highest BCUT2D eigenvalue weighted by atomic mass is 16.7. The fourth-order valence-electron chi connectivity index (χ4n) is 4.66. The maximum Gasteiger partial charge on any atom is 0.428 e. The number of nitrogens with zero attached hydrogens (tertiary/aromatic N) is 3. The predicted molar refractivity (Wildman–Crippen MR) is 160 cm³/mol. The zero-order chi connectivity index (χ0) is 30.9. The van der Waals surface area contributed by atoms with Crippen LogP contribution in [0.15, 0.2) is 53.6 Å². The Morgan fingerprint density at radius 3 is 2.24 bits per heavy atom. The van der Waals surface area contributed by atoms with E-state index in [0.29, 0.717) is 13.0 Å². The van der Waals surface area contributed by atoms with Gasteiger partial charge in [-0.05, 0) is 76.6 Å². The molecule has 1 unspecified atom stereocenters. The van der Waals surface area contributed by atoms with Crippen molar-refractivity contribution in [1.29, 1.82) is 0 Å². The van der Waals surface area contributed by atoms with Crippen molar-refractivity contribution < 1.29 is 28.7 Å². The summed E-state index contributed by atoms with van der Waals surface area (Å²) in [5.41, 5.74) is 5.43. The number of hydrogen-bond acceptors (Lipinski definition) is 8. The molecule has 0 fully saturated rings. The number of methoxy groups -OCH3 is 1. The van der Waals surface area contributed by atoms with Gasteiger partial charge in [-0.15, -0.1) is 0 Å². The first kappa shape index (κ1) is 32.8. The molecule has 0 spiro atoms. The molecule has 10 nitrogen and oxygen atoms in total. The Bertz CT molecular complexity index is 1250. The van der Waals surface area contributed by atoms with Crippen LogP contribution in [-0.4, -0.2) is 65.0 Å². The number of rotatable bonds is 9. The van der Waals surface area contributed by atoms with Crippen LogP contribution in [0.3, 0.4) is 0 Å². The standard InChI is InChI=1S/C32H44N4O6/c1-31(2,3)41-30(39)34-33-20-28(37)36(42-32(4,5)6)22-24-14-12-23(13-15-24)21-35-17-16-25-10-8-9-11-26(25)18-27(35)19-29(38)40-7/h8-15,20,27H,16-19,21-22H2,1-7H3,(H,34,39). The average Bonchev–Trinajstić information content (AvgIpc) is 3.06. The SMILES string of the molecule is COC(=O)CC1Cc2ccccc2CCN1Cc1ccc(CN(OC(C)(C)C)C(=O)C=NNC(=O)OC(C)(C)C)cc1. The Morgan fingerprint density at radius 2 is 1.62 bits per heavy atom. The van der Waals surface area contributed by atoms with Crippen molar-refractivity contribution in [3.63, 3.8) is 0 Å². The fraction of sp³-hybridized carbons (Fsp3) is 0.500. The lowest BCUT2D eigenvalue weighted by Crippen LogP contribution is -2.39. The van der Waals surface area contributed by atoms with Crippen LogP contribution >= 0.6 is 0 Å². The molecule has 2 amide bonds. The Kier molecular flexibility index (Phi) is 11.2. The van der Waals surface area contributed by atoms with Gasteiger partial charge in [0.25, 0.3) is 5.91 Å². The van der Waals surface area contributed by atoms with E-state index in [1.165, 1.54) is 23.3 Å². The highest BCUT2D eigenvalue weighted by Crippen LogP contribution is 2.24. The van der Waals surface area contributed by atoms with E-state index in [0.717, 1.165) is 36.7 Å². The van der Waals surface area contributed by atoms with Crippen LogP contribution in [0.5, 0.6) is 0 Å². The summed E-state index contributed by atoms with van der Waals surface area (Å²) in [6, 6.07) is 16.4. The minimum Gasteiger partial charge on any atom is -0.469 e. The van der Waals surface area contributed by atoms with Gasteiger partial charge in [0.1, 0.15) is 11.8 Å². The van der Waals surface area contributed by atoms with E-state index in [1.54, 1.807) is 20.8 Å². The molecule has 1 atom stereocenters. The molecule has 0 aliphatic carbocycles. The maximum atomic E-state index is 12.9. The van der Waals surface area contributed by atoms with E-state index in [1.807, 2.05) is 51.1 Å². The Morgan fingerprint density at radius 1 is 0.976 bits per heavy atom. The van der Waals surface area contributed by atoms with Gasteiger partial charge in [0.15, 0.2) is 0 Å². The minimum atomic E-state index is -0.757. The number of amides is 2. The lowest BCUT2D eigenvalue weighted by molar-refractivity contribution is -0.225. The van der Waals surface area contributed by atoms with E-state index in [9.17, 15) is 14.4 Å². The first-order chi connectivity index (χ1) is 19.7. The van der Waals surface area contributed by atoms with E-state index in [4.69, 9.17) is 14.3 Å². The summed E-state index contributed by atoms with van der Waals surface area (Å²) in [6.45, 7) is 12.4. The quantitative estimate of drug-likeness (QED) is 0.258. The first-order valence-corrected chi connectivity index (χ1v) is 14.2. The van der Waals surface area contributed by atoms with Crippen LogP contribution in [0, 0.1) is 0 Å². The van der Waals surface area contributed by atoms with Crippen molar-refractivity contribution in [1.82, 2.24) is 15.4 Å². The van der Waals surface area contributed by atoms with E-state index < -0.39 is 23.2 Å². The molecule has 3 rings (SSSR count). The number of carbonyl (C=O) groups is 3. The third-order valence-corrected chi connectivity index (χ3v) is 6.48. The van der Waals surface area contributed by atoms with Gasteiger partial charge in [0.05, 0.1) is 25.7 Å². The van der Waals surface area contributed by atoms with Crippen molar-refractivity contribution in [3.05, 3.63) is 70.8 Å². The van der Waals surface area contributed by atoms with Gasteiger partial charge in [-0.3, -0.25) is 19.3 Å². The van der Waals surface area contributed by atoms with E-state index >= 15 is 0 Å². The highest BCUT2D eigenvalue weighted by molar-refractivity contribution is 6.25. The second-order valence-corrected chi connectivity index (χ2v) is 12.4. The van der Waals surface area contributed by atoms with E-state index in [-0.39, 0.29) is 18.6 Å². The number of hydrogen-bond donors (Lipinski definition) is 1. The molecule has 228 valence electrons. The van der Waals surface area contributed by atoms with Gasteiger partial charge in [-0.2, -0.15) is 5.10 Å². The first-order valence-electron chi connectivity index (χ1n) is 14.2. The van der Waals surface area contributed by atoms with Gasteiger partial charge in [-0.25, -0.2) is 15.3 Å². The van der Waals surface area contributed by atoms with Gasteiger partial charge in [-0.1, -0.05) is 48.5 Å². The molecule has 1 aliphatic rings. The molecular formula is C32H44N4O6. The smallest absolute Gasteiger partial charge is 0.428 e.